The molecule has 0 aliphatic heterocycles. The fraction of sp³-hybridized carbons (Fsp3) is 0.773. The van der Waals surface area contributed by atoms with Crippen molar-refractivity contribution in [1.29, 1.82) is 0 Å². The summed E-state index contributed by atoms with van der Waals surface area (Å²) in [6, 6.07) is 0. The largest absolute Gasteiger partial charge is 0.392 e. The molecule has 0 radical (unpaired) electrons. The molecule has 4 aliphatic carbocycles. The lowest BCUT2D eigenvalue weighted by Crippen LogP contribution is -2.50. The van der Waals surface area contributed by atoms with Crippen LogP contribution in [0.3, 0.4) is 0 Å². The molecule has 4 aliphatic rings. The highest BCUT2D eigenvalue weighted by atomic mass is 16.3. The van der Waals surface area contributed by atoms with Crippen LogP contribution in [0.4, 0.5) is 0 Å². The highest BCUT2D eigenvalue weighted by Gasteiger charge is 2.59. The maximum absolute atomic E-state index is 11.9. The van der Waals surface area contributed by atoms with E-state index in [1.54, 1.807) is 0 Å². The minimum atomic E-state index is 0.147. The van der Waals surface area contributed by atoms with E-state index in [0.29, 0.717) is 17.1 Å². The molecule has 0 aromatic heterocycles. The van der Waals surface area contributed by atoms with Crippen LogP contribution in [0.2, 0.25) is 0 Å². The Labute approximate surface area is 146 Å². The molecule has 0 heterocycles. The summed E-state index contributed by atoms with van der Waals surface area (Å²) in [5.41, 5.74) is 3.12. The third-order valence-electron chi connectivity index (χ3n) is 8.66. The third-order valence-corrected chi connectivity index (χ3v) is 8.66. The van der Waals surface area contributed by atoms with Crippen molar-refractivity contribution in [3.63, 3.8) is 0 Å². The van der Waals surface area contributed by atoms with Crippen molar-refractivity contribution < 1.29 is 9.90 Å². The lowest BCUT2D eigenvalue weighted by atomic mass is 9.46. The topological polar surface area (TPSA) is 37.3 Å². The lowest BCUT2D eigenvalue weighted by Gasteiger charge is -2.58. The first-order chi connectivity index (χ1) is 11.4. The Morgan fingerprint density at radius 3 is 2.71 bits per heavy atom. The van der Waals surface area contributed by atoms with Crippen molar-refractivity contribution in [2.24, 2.45) is 34.5 Å². The van der Waals surface area contributed by atoms with E-state index in [0.717, 1.165) is 42.6 Å². The second kappa shape index (κ2) is 5.56. The number of hydrogen-bond donors (Lipinski definition) is 1. The van der Waals surface area contributed by atoms with E-state index in [1.807, 2.05) is 6.08 Å². The van der Waals surface area contributed by atoms with Gasteiger partial charge in [0.05, 0.1) is 6.61 Å². The Morgan fingerprint density at radius 2 is 1.96 bits per heavy atom. The second-order valence-corrected chi connectivity index (χ2v) is 9.46. The molecule has 0 aromatic rings. The van der Waals surface area contributed by atoms with Gasteiger partial charge in [-0.15, -0.1) is 0 Å². The van der Waals surface area contributed by atoms with E-state index in [2.05, 4.69) is 20.4 Å². The molecule has 3 saturated carbocycles. The molecule has 3 unspecified atom stereocenters. The number of aliphatic hydroxyl groups excluding tert-OH is 1. The maximum atomic E-state index is 11.9. The lowest BCUT2D eigenvalue weighted by molar-refractivity contribution is -0.117. The molecule has 0 spiro atoms. The monoisotopic (exact) mass is 328 g/mol. The molecule has 1 N–H and O–H groups in total. The molecule has 2 nitrogen and oxygen atoms in total. The summed E-state index contributed by atoms with van der Waals surface area (Å²) in [4.78, 5) is 11.9. The molecule has 24 heavy (non-hydrogen) atoms. The number of carbonyl (C=O) groups excluding carboxylic acids is 1. The Bertz CT molecular complexity index is 603. The van der Waals surface area contributed by atoms with Crippen molar-refractivity contribution >= 4 is 5.78 Å². The van der Waals surface area contributed by atoms with Crippen LogP contribution in [0.15, 0.2) is 23.8 Å². The number of aliphatic hydroxyl groups is 1. The van der Waals surface area contributed by atoms with Crippen LogP contribution in [0.1, 0.15) is 65.2 Å². The Hall–Kier alpha value is -0.890. The van der Waals surface area contributed by atoms with E-state index in [-0.39, 0.29) is 12.0 Å². The van der Waals surface area contributed by atoms with Crippen LogP contribution >= 0.6 is 0 Å². The number of allylic oxidation sites excluding steroid dienone is 1. The van der Waals surface area contributed by atoms with Crippen molar-refractivity contribution in [2.75, 3.05) is 6.61 Å². The smallest absolute Gasteiger partial charge is 0.155 e. The molecule has 3 fully saturated rings. The molecule has 0 saturated heterocycles. The van der Waals surface area contributed by atoms with E-state index in [9.17, 15) is 9.90 Å². The van der Waals surface area contributed by atoms with Gasteiger partial charge in [-0.05, 0) is 91.1 Å². The quantitative estimate of drug-likeness (QED) is 0.747. The fourth-order valence-corrected chi connectivity index (χ4v) is 7.34. The van der Waals surface area contributed by atoms with Gasteiger partial charge in [-0.1, -0.05) is 26.0 Å². The van der Waals surface area contributed by atoms with Crippen LogP contribution in [0.25, 0.3) is 0 Å². The summed E-state index contributed by atoms with van der Waals surface area (Å²) in [7, 11) is 0. The maximum Gasteiger partial charge on any atom is 0.155 e. The van der Waals surface area contributed by atoms with E-state index >= 15 is 0 Å². The van der Waals surface area contributed by atoms with Gasteiger partial charge in [0.15, 0.2) is 5.78 Å². The van der Waals surface area contributed by atoms with Gasteiger partial charge in [-0.3, -0.25) is 4.79 Å². The Morgan fingerprint density at radius 1 is 1.17 bits per heavy atom. The van der Waals surface area contributed by atoms with E-state index < -0.39 is 0 Å². The Kier molecular flexibility index (Phi) is 3.84. The minimum absolute atomic E-state index is 0.147. The van der Waals surface area contributed by atoms with Crippen molar-refractivity contribution in [2.45, 2.75) is 65.2 Å². The summed E-state index contributed by atoms with van der Waals surface area (Å²) in [5, 5.41) is 9.61. The van der Waals surface area contributed by atoms with E-state index in [1.165, 1.54) is 37.7 Å². The third kappa shape index (κ3) is 2.14. The standard InChI is InChI=1S/C22H32O2/c1-14(13-23)18-6-7-19-17-5-4-15-12-16(24)8-10-21(15,2)20(17)9-11-22(18,19)3/h12,17-20,23H,1,4-11,13H2,2-3H3/t17?,18-,19?,20?,21+,22-/m1/s1. The van der Waals surface area contributed by atoms with Gasteiger partial charge in [0.25, 0.3) is 0 Å². The van der Waals surface area contributed by atoms with Gasteiger partial charge >= 0.3 is 0 Å². The van der Waals surface area contributed by atoms with Crippen LogP contribution < -0.4 is 0 Å². The zero-order valence-electron chi connectivity index (χ0n) is 15.3. The highest BCUT2D eigenvalue weighted by molar-refractivity contribution is 5.91. The summed E-state index contributed by atoms with van der Waals surface area (Å²) in [5.74, 6) is 3.19. The average molecular weight is 328 g/mol. The molecule has 0 aromatic carbocycles. The van der Waals surface area contributed by atoms with Crippen molar-refractivity contribution in [3.05, 3.63) is 23.8 Å². The molecule has 6 atom stereocenters. The van der Waals surface area contributed by atoms with Crippen molar-refractivity contribution in [1.82, 2.24) is 0 Å². The van der Waals surface area contributed by atoms with E-state index in [4.69, 9.17) is 0 Å². The average Bonchev–Trinajstić information content (AvgIpc) is 2.92. The van der Waals surface area contributed by atoms with Gasteiger partial charge < -0.3 is 5.11 Å². The van der Waals surface area contributed by atoms with Gasteiger partial charge in [-0.2, -0.15) is 0 Å². The molecular weight excluding hydrogens is 296 g/mol. The van der Waals surface area contributed by atoms with Crippen LogP contribution in [-0.2, 0) is 4.79 Å². The molecule has 0 bridgehead atoms. The fourth-order valence-electron chi connectivity index (χ4n) is 7.34. The number of ketones is 1. The number of hydrogen-bond acceptors (Lipinski definition) is 2. The summed E-state index contributed by atoms with van der Waals surface area (Å²) in [6.45, 7) is 9.26. The Balaban J connectivity index is 1.65. The molecule has 4 rings (SSSR count). The molecular formula is C22H32O2. The van der Waals surface area contributed by atoms with Crippen LogP contribution in [-0.4, -0.2) is 17.5 Å². The van der Waals surface area contributed by atoms with Gasteiger partial charge in [0.2, 0.25) is 0 Å². The molecule has 2 heteroatoms. The van der Waals surface area contributed by atoms with Crippen molar-refractivity contribution in [3.8, 4) is 0 Å². The summed E-state index contributed by atoms with van der Waals surface area (Å²) < 4.78 is 0. The SMILES string of the molecule is C=C(CO)[C@H]1CCC2C3CCC4=CC(=O)CC[C@]4(C)C3CC[C@@]21C. The molecule has 0 amide bonds. The van der Waals surface area contributed by atoms with Gasteiger partial charge in [-0.25, -0.2) is 0 Å². The zero-order chi connectivity index (χ0) is 17.1. The van der Waals surface area contributed by atoms with Crippen LogP contribution in [0, 0.1) is 34.5 Å². The zero-order valence-corrected chi connectivity index (χ0v) is 15.3. The normalized spacial score (nSPS) is 47.5. The predicted octanol–water partition coefficient (Wildman–Crippen LogP) is 4.68. The summed E-state index contributed by atoms with van der Waals surface area (Å²) in [6.07, 6.45) is 11.3. The first kappa shape index (κ1) is 16.6. The van der Waals surface area contributed by atoms with Gasteiger partial charge in [0.1, 0.15) is 0 Å². The minimum Gasteiger partial charge on any atom is -0.392 e. The highest BCUT2D eigenvalue weighted by Crippen LogP contribution is 2.67. The summed E-state index contributed by atoms with van der Waals surface area (Å²) >= 11 is 0. The molecule has 132 valence electrons. The van der Waals surface area contributed by atoms with Gasteiger partial charge in [0, 0.05) is 6.42 Å². The first-order valence-corrected chi connectivity index (χ1v) is 9.92. The first-order valence-electron chi connectivity index (χ1n) is 9.92. The van der Waals surface area contributed by atoms with Crippen LogP contribution in [0.5, 0.6) is 0 Å². The number of fused-ring (bicyclic) bond motifs is 5. The number of carbonyl (C=O) groups is 1. The second-order valence-electron chi connectivity index (χ2n) is 9.46. The predicted molar refractivity (Wildman–Crippen MR) is 96.4 cm³/mol. The number of rotatable bonds is 2.